The highest BCUT2D eigenvalue weighted by Gasteiger charge is 2.23. The Bertz CT molecular complexity index is 312. The molecule has 1 unspecified atom stereocenters. The molecule has 0 saturated carbocycles. The third kappa shape index (κ3) is 5.57. The maximum Gasteiger partial charge on any atom is 0.308 e. The molecule has 0 radical (unpaired) electrons. The Labute approximate surface area is 114 Å². The number of aliphatic carboxylic acids is 1. The monoisotopic (exact) mass is 271 g/mol. The smallest absolute Gasteiger partial charge is 0.308 e. The predicted molar refractivity (Wildman–Crippen MR) is 72.6 cm³/mol. The van der Waals surface area contributed by atoms with E-state index in [0.29, 0.717) is 6.54 Å². The zero-order chi connectivity index (χ0) is 14.4. The maximum atomic E-state index is 11.8. The second-order valence-electron chi connectivity index (χ2n) is 5.61. The van der Waals surface area contributed by atoms with Crippen LogP contribution in [0.3, 0.4) is 0 Å². The Kier molecular flexibility index (Phi) is 6.24. The van der Waals surface area contributed by atoms with Crippen LogP contribution in [0.4, 0.5) is 0 Å². The number of hydrogen-bond donors (Lipinski definition) is 3. The van der Waals surface area contributed by atoms with Crippen molar-refractivity contribution in [3.8, 4) is 0 Å². The Hall–Kier alpha value is -1.14. The van der Waals surface area contributed by atoms with Gasteiger partial charge in [0, 0.05) is 25.7 Å². The summed E-state index contributed by atoms with van der Waals surface area (Å²) in [5.41, 5.74) is 5.80. The number of likely N-dealkylation sites (tertiary alicyclic amines) is 1. The zero-order valence-electron chi connectivity index (χ0n) is 11.8. The largest absolute Gasteiger partial charge is 0.481 e. The topological polar surface area (TPSA) is 95.7 Å². The number of carbonyl (C=O) groups is 2. The summed E-state index contributed by atoms with van der Waals surface area (Å²) in [6, 6.07) is 0.247. The first-order chi connectivity index (χ1) is 8.90. The van der Waals surface area contributed by atoms with Crippen LogP contribution in [-0.4, -0.2) is 54.1 Å². The molecule has 0 aliphatic carbocycles. The Balaban J connectivity index is 2.29. The molecule has 0 aromatic carbocycles. The van der Waals surface area contributed by atoms with Crippen molar-refractivity contribution < 1.29 is 14.7 Å². The molecule has 0 bridgehead atoms. The fraction of sp³-hybridized carbons (Fsp3) is 0.846. The van der Waals surface area contributed by atoms with Gasteiger partial charge in [-0.15, -0.1) is 0 Å². The van der Waals surface area contributed by atoms with Crippen molar-refractivity contribution in [2.45, 2.75) is 32.7 Å². The maximum absolute atomic E-state index is 11.8. The van der Waals surface area contributed by atoms with E-state index >= 15 is 0 Å². The molecule has 0 aromatic rings. The first-order valence-corrected chi connectivity index (χ1v) is 6.87. The van der Waals surface area contributed by atoms with Gasteiger partial charge in [-0.25, -0.2) is 0 Å². The summed E-state index contributed by atoms with van der Waals surface area (Å²) in [7, 11) is 0. The molecule has 1 saturated heterocycles. The standard InChI is InChI=1S/C13H25N3O3/c1-9(2)11(13(18)19)7-15-12(17)8-16-5-3-10(14)4-6-16/h9-11H,3-8,14H2,1-2H3,(H,15,17)(H,18,19). The van der Waals surface area contributed by atoms with Crippen molar-refractivity contribution in [1.29, 1.82) is 0 Å². The molecule has 1 atom stereocenters. The quantitative estimate of drug-likeness (QED) is 0.626. The lowest BCUT2D eigenvalue weighted by Crippen LogP contribution is -2.46. The van der Waals surface area contributed by atoms with Crippen LogP contribution in [0.2, 0.25) is 0 Å². The molecule has 1 rings (SSSR count). The minimum atomic E-state index is -0.862. The average molecular weight is 271 g/mol. The molecule has 1 fully saturated rings. The summed E-state index contributed by atoms with van der Waals surface area (Å²) in [4.78, 5) is 24.8. The second-order valence-corrected chi connectivity index (χ2v) is 5.61. The van der Waals surface area contributed by atoms with Crippen molar-refractivity contribution in [2.24, 2.45) is 17.6 Å². The molecule has 1 aliphatic rings. The molecule has 1 heterocycles. The fourth-order valence-corrected chi connectivity index (χ4v) is 2.20. The van der Waals surface area contributed by atoms with Gasteiger partial charge in [-0.2, -0.15) is 0 Å². The molecular weight excluding hydrogens is 246 g/mol. The van der Waals surface area contributed by atoms with Crippen molar-refractivity contribution in [2.75, 3.05) is 26.2 Å². The number of carboxylic acids is 1. The Morgan fingerprint density at radius 3 is 2.42 bits per heavy atom. The van der Waals surface area contributed by atoms with Crippen LogP contribution in [0, 0.1) is 11.8 Å². The van der Waals surface area contributed by atoms with Gasteiger partial charge in [0.1, 0.15) is 0 Å². The van der Waals surface area contributed by atoms with E-state index < -0.39 is 11.9 Å². The second kappa shape index (κ2) is 7.45. The van der Waals surface area contributed by atoms with Crippen LogP contribution in [0.15, 0.2) is 0 Å². The van der Waals surface area contributed by atoms with Crippen molar-refractivity contribution >= 4 is 11.9 Å². The molecule has 1 aliphatic heterocycles. The highest BCUT2D eigenvalue weighted by Crippen LogP contribution is 2.10. The molecule has 6 nitrogen and oxygen atoms in total. The lowest BCUT2D eigenvalue weighted by Gasteiger charge is -2.29. The molecule has 1 amide bonds. The fourth-order valence-electron chi connectivity index (χ4n) is 2.20. The lowest BCUT2D eigenvalue weighted by atomic mass is 9.96. The van der Waals surface area contributed by atoms with Crippen molar-refractivity contribution in [1.82, 2.24) is 10.2 Å². The first-order valence-electron chi connectivity index (χ1n) is 6.87. The van der Waals surface area contributed by atoms with E-state index in [0.717, 1.165) is 25.9 Å². The highest BCUT2D eigenvalue weighted by molar-refractivity contribution is 5.79. The van der Waals surface area contributed by atoms with Gasteiger partial charge in [0.05, 0.1) is 12.5 Å². The number of carbonyl (C=O) groups excluding carboxylic acids is 1. The van der Waals surface area contributed by atoms with Gasteiger partial charge in [-0.3, -0.25) is 14.5 Å². The van der Waals surface area contributed by atoms with E-state index in [-0.39, 0.29) is 24.4 Å². The van der Waals surface area contributed by atoms with E-state index in [4.69, 9.17) is 10.8 Å². The number of nitrogens with two attached hydrogens (primary N) is 1. The summed E-state index contributed by atoms with van der Waals surface area (Å²) in [6.45, 7) is 5.88. The van der Waals surface area contributed by atoms with Crippen molar-refractivity contribution in [3.63, 3.8) is 0 Å². The zero-order valence-corrected chi connectivity index (χ0v) is 11.8. The van der Waals surface area contributed by atoms with E-state index in [1.807, 2.05) is 13.8 Å². The number of nitrogens with zero attached hydrogens (tertiary/aromatic N) is 1. The highest BCUT2D eigenvalue weighted by atomic mass is 16.4. The van der Waals surface area contributed by atoms with Gasteiger partial charge in [-0.05, 0) is 18.8 Å². The van der Waals surface area contributed by atoms with Crippen LogP contribution in [-0.2, 0) is 9.59 Å². The minimum absolute atomic E-state index is 0.00536. The molecule has 4 N–H and O–H groups in total. The number of amides is 1. The van der Waals surface area contributed by atoms with E-state index in [1.54, 1.807) is 0 Å². The van der Waals surface area contributed by atoms with Gasteiger partial charge < -0.3 is 16.2 Å². The van der Waals surface area contributed by atoms with Crippen LogP contribution in [0.1, 0.15) is 26.7 Å². The van der Waals surface area contributed by atoms with E-state index in [9.17, 15) is 9.59 Å². The first kappa shape index (κ1) is 15.9. The van der Waals surface area contributed by atoms with Gasteiger partial charge in [0.15, 0.2) is 0 Å². The molecule has 0 spiro atoms. The Morgan fingerprint density at radius 2 is 1.95 bits per heavy atom. The number of hydrogen-bond acceptors (Lipinski definition) is 4. The van der Waals surface area contributed by atoms with Gasteiger partial charge in [0.2, 0.25) is 5.91 Å². The SMILES string of the molecule is CC(C)C(CNC(=O)CN1CCC(N)CC1)C(=O)O. The third-order valence-electron chi connectivity index (χ3n) is 3.64. The molecule has 6 heteroatoms. The van der Waals surface area contributed by atoms with Gasteiger partial charge in [0.25, 0.3) is 0 Å². The number of piperidine rings is 1. The molecule has 110 valence electrons. The minimum Gasteiger partial charge on any atom is -0.481 e. The summed E-state index contributed by atoms with van der Waals surface area (Å²) < 4.78 is 0. The van der Waals surface area contributed by atoms with Crippen LogP contribution in [0.5, 0.6) is 0 Å². The average Bonchev–Trinajstić information content (AvgIpc) is 2.31. The van der Waals surface area contributed by atoms with Crippen LogP contribution < -0.4 is 11.1 Å². The van der Waals surface area contributed by atoms with Crippen molar-refractivity contribution in [3.05, 3.63) is 0 Å². The van der Waals surface area contributed by atoms with Gasteiger partial charge in [-0.1, -0.05) is 13.8 Å². The van der Waals surface area contributed by atoms with E-state index in [1.165, 1.54) is 0 Å². The summed E-state index contributed by atoms with van der Waals surface area (Å²) in [6.07, 6.45) is 1.83. The molecule has 19 heavy (non-hydrogen) atoms. The van der Waals surface area contributed by atoms with E-state index in [2.05, 4.69) is 10.2 Å². The normalized spacial score (nSPS) is 19.4. The Morgan fingerprint density at radius 1 is 1.37 bits per heavy atom. The van der Waals surface area contributed by atoms with Gasteiger partial charge >= 0.3 is 5.97 Å². The summed E-state index contributed by atoms with van der Waals surface area (Å²) >= 11 is 0. The molecular formula is C13H25N3O3. The summed E-state index contributed by atoms with van der Waals surface area (Å²) in [5, 5.41) is 11.7. The number of carboxylic acid groups (broad SMARTS) is 1. The van der Waals surface area contributed by atoms with Crippen LogP contribution >= 0.6 is 0 Å². The lowest BCUT2D eigenvalue weighted by molar-refractivity contribution is -0.143. The number of rotatable bonds is 6. The molecule has 0 aromatic heterocycles. The third-order valence-corrected chi connectivity index (χ3v) is 3.64. The van der Waals surface area contributed by atoms with Crippen LogP contribution in [0.25, 0.3) is 0 Å². The summed E-state index contributed by atoms with van der Waals surface area (Å²) in [5.74, 6) is -1.49. The predicted octanol–water partition coefficient (Wildman–Crippen LogP) is -0.117. The number of nitrogens with one attached hydrogen (secondary N) is 1.